The van der Waals surface area contributed by atoms with Crippen LogP contribution in [0.4, 0.5) is 5.69 Å². The lowest BCUT2D eigenvalue weighted by atomic mass is 9.84. The first-order valence-electron chi connectivity index (χ1n) is 10.5. The number of benzene rings is 1. The van der Waals surface area contributed by atoms with Crippen molar-refractivity contribution in [1.29, 1.82) is 5.26 Å². The van der Waals surface area contributed by atoms with Crippen molar-refractivity contribution in [2.45, 2.75) is 44.6 Å². The van der Waals surface area contributed by atoms with E-state index in [4.69, 9.17) is 10.00 Å². The minimum absolute atomic E-state index is 0.0261. The maximum absolute atomic E-state index is 11.5. The predicted molar refractivity (Wildman–Crippen MR) is 110 cm³/mol. The highest BCUT2D eigenvalue weighted by atomic mass is 16.5. The van der Waals surface area contributed by atoms with Crippen molar-refractivity contribution in [3.05, 3.63) is 24.3 Å². The van der Waals surface area contributed by atoms with Gasteiger partial charge in [-0.25, -0.2) is 0 Å². The first kappa shape index (κ1) is 20.5. The van der Waals surface area contributed by atoms with E-state index in [1.165, 1.54) is 31.5 Å². The third kappa shape index (κ3) is 5.87. The quantitative estimate of drug-likeness (QED) is 0.783. The molecule has 6 nitrogen and oxygen atoms in total. The van der Waals surface area contributed by atoms with Crippen LogP contribution < -0.4 is 15.0 Å². The fourth-order valence-corrected chi connectivity index (χ4v) is 4.35. The van der Waals surface area contributed by atoms with Gasteiger partial charge in [-0.2, -0.15) is 5.26 Å². The number of anilines is 1. The monoisotopic (exact) mass is 384 g/mol. The molecule has 0 radical (unpaired) electrons. The third-order valence-corrected chi connectivity index (χ3v) is 6.10. The molecule has 1 aliphatic carbocycles. The molecule has 0 unspecified atom stereocenters. The summed E-state index contributed by atoms with van der Waals surface area (Å²) in [6.45, 7) is 5.51. The molecule has 1 heterocycles. The Morgan fingerprint density at radius 1 is 1.21 bits per heavy atom. The van der Waals surface area contributed by atoms with E-state index in [1.807, 2.05) is 12.1 Å². The van der Waals surface area contributed by atoms with E-state index < -0.39 is 0 Å². The number of nitriles is 1. The van der Waals surface area contributed by atoms with Crippen LogP contribution in [0.3, 0.4) is 0 Å². The van der Waals surface area contributed by atoms with Gasteiger partial charge in [-0.3, -0.25) is 9.69 Å². The molecule has 28 heavy (non-hydrogen) atoms. The van der Waals surface area contributed by atoms with Gasteiger partial charge in [-0.1, -0.05) is 6.07 Å². The van der Waals surface area contributed by atoms with Crippen molar-refractivity contribution >= 4 is 11.6 Å². The summed E-state index contributed by atoms with van der Waals surface area (Å²) in [5, 5.41) is 11.6. The summed E-state index contributed by atoms with van der Waals surface area (Å²) in [7, 11) is 1.71. The summed E-state index contributed by atoms with van der Waals surface area (Å²) < 4.78 is 5.34. The standard InChI is InChI=1S/C22H32N4O2/c1-28-21-4-2-3-20(17-21)26-15-13-25(14-16-26)12-10-18-5-7-19(8-6-18)24-22(27)9-11-23/h2-4,17-19H,5-10,12-16H2,1H3,(H,24,27). The van der Waals surface area contributed by atoms with Crippen LogP contribution in [0.5, 0.6) is 5.75 Å². The molecule has 0 atom stereocenters. The third-order valence-electron chi connectivity index (χ3n) is 6.10. The largest absolute Gasteiger partial charge is 0.497 e. The summed E-state index contributed by atoms with van der Waals surface area (Å²) in [4.78, 5) is 16.6. The van der Waals surface area contributed by atoms with Gasteiger partial charge in [0.25, 0.3) is 0 Å². The van der Waals surface area contributed by atoms with Crippen LogP contribution in [0.1, 0.15) is 38.5 Å². The van der Waals surface area contributed by atoms with E-state index in [-0.39, 0.29) is 18.4 Å². The first-order valence-corrected chi connectivity index (χ1v) is 10.5. The van der Waals surface area contributed by atoms with Gasteiger partial charge in [-0.05, 0) is 56.7 Å². The molecule has 1 saturated carbocycles. The van der Waals surface area contributed by atoms with Gasteiger partial charge in [0.05, 0.1) is 13.2 Å². The van der Waals surface area contributed by atoms with E-state index in [2.05, 4.69) is 33.3 Å². The van der Waals surface area contributed by atoms with Gasteiger partial charge in [0.1, 0.15) is 12.2 Å². The second kappa shape index (κ2) is 10.3. The second-order valence-corrected chi connectivity index (χ2v) is 7.94. The maximum atomic E-state index is 11.5. The van der Waals surface area contributed by atoms with Crippen molar-refractivity contribution < 1.29 is 9.53 Å². The molecule has 3 rings (SSSR count). The van der Waals surface area contributed by atoms with Crippen LogP contribution >= 0.6 is 0 Å². The van der Waals surface area contributed by atoms with Crippen LogP contribution in [0.25, 0.3) is 0 Å². The number of rotatable bonds is 7. The number of carbonyl (C=O) groups excluding carboxylic acids is 1. The molecular formula is C22H32N4O2. The van der Waals surface area contributed by atoms with Gasteiger partial charge < -0.3 is 15.0 Å². The average Bonchev–Trinajstić information content (AvgIpc) is 2.74. The van der Waals surface area contributed by atoms with Crippen LogP contribution in [0.2, 0.25) is 0 Å². The molecular weight excluding hydrogens is 352 g/mol. The molecule has 1 aromatic carbocycles. The number of piperazine rings is 1. The molecule has 0 aromatic heterocycles. The topological polar surface area (TPSA) is 68.6 Å². The van der Waals surface area contributed by atoms with Crippen LogP contribution in [-0.4, -0.2) is 56.7 Å². The van der Waals surface area contributed by atoms with Crippen molar-refractivity contribution in [1.82, 2.24) is 10.2 Å². The number of nitrogens with one attached hydrogen (secondary N) is 1. The minimum Gasteiger partial charge on any atom is -0.497 e. The van der Waals surface area contributed by atoms with E-state index in [0.717, 1.165) is 50.7 Å². The first-order chi connectivity index (χ1) is 13.7. The minimum atomic E-state index is -0.125. The lowest BCUT2D eigenvalue weighted by Gasteiger charge is -2.37. The molecule has 1 aliphatic heterocycles. The van der Waals surface area contributed by atoms with Crippen LogP contribution in [-0.2, 0) is 4.79 Å². The molecule has 2 fully saturated rings. The Labute approximate surface area is 168 Å². The lowest BCUT2D eigenvalue weighted by Crippen LogP contribution is -2.47. The fraction of sp³-hybridized carbons (Fsp3) is 0.636. The Bertz CT molecular complexity index is 671. The number of hydrogen-bond acceptors (Lipinski definition) is 5. The second-order valence-electron chi connectivity index (χ2n) is 7.94. The Balaban J connectivity index is 1.34. The zero-order valence-electron chi connectivity index (χ0n) is 16.9. The van der Waals surface area contributed by atoms with E-state index in [9.17, 15) is 4.79 Å². The molecule has 0 spiro atoms. The van der Waals surface area contributed by atoms with Crippen molar-refractivity contribution in [2.75, 3.05) is 44.7 Å². The van der Waals surface area contributed by atoms with E-state index in [0.29, 0.717) is 0 Å². The van der Waals surface area contributed by atoms with Gasteiger partial charge >= 0.3 is 0 Å². The van der Waals surface area contributed by atoms with Gasteiger partial charge in [0, 0.05) is 44.0 Å². The molecule has 1 saturated heterocycles. The van der Waals surface area contributed by atoms with Crippen molar-refractivity contribution in [3.8, 4) is 11.8 Å². The van der Waals surface area contributed by atoms with Crippen molar-refractivity contribution in [3.63, 3.8) is 0 Å². The molecule has 1 aromatic rings. The zero-order valence-corrected chi connectivity index (χ0v) is 16.9. The normalized spacial score (nSPS) is 23.1. The van der Waals surface area contributed by atoms with E-state index in [1.54, 1.807) is 7.11 Å². The summed E-state index contributed by atoms with van der Waals surface area (Å²) >= 11 is 0. The van der Waals surface area contributed by atoms with Crippen molar-refractivity contribution in [2.24, 2.45) is 5.92 Å². The molecule has 2 aliphatic rings. The lowest BCUT2D eigenvalue weighted by molar-refractivity contribution is -0.121. The molecule has 1 amide bonds. The Morgan fingerprint density at radius 3 is 2.64 bits per heavy atom. The van der Waals surface area contributed by atoms with Gasteiger partial charge in [0.2, 0.25) is 5.91 Å². The van der Waals surface area contributed by atoms with Crippen LogP contribution in [0, 0.1) is 17.2 Å². The summed E-state index contributed by atoms with van der Waals surface area (Å²) in [5.41, 5.74) is 1.25. The van der Waals surface area contributed by atoms with E-state index >= 15 is 0 Å². The summed E-state index contributed by atoms with van der Waals surface area (Å²) in [5.74, 6) is 1.56. The average molecular weight is 385 g/mol. The molecule has 0 bridgehead atoms. The fourth-order valence-electron chi connectivity index (χ4n) is 4.35. The SMILES string of the molecule is COc1cccc(N2CCN(CCC3CCC(NC(=O)CC#N)CC3)CC2)c1. The summed E-state index contributed by atoms with van der Waals surface area (Å²) in [6.07, 6.45) is 5.68. The number of carbonyl (C=O) groups is 1. The molecule has 6 heteroatoms. The Hall–Kier alpha value is -2.26. The number of amides is 1. The molecule has 1 N–H and O–H groups in total. The molecule has 152 valence electrons. The predicted octanol–water partition coefficient (Wildman–Crippen LogP) is 2.80. The maximum Gasteiger partial charge on any atom is 0.234 e. The Morgan fingerprint density at radius 2 is 1.96 bits per heavy atom. The van der Waals surface area contributed by atoms with Gasteiger partial charge in [-0.15, -0.1) is 0 Å². The smallest absolute Gasteiger partial charge is 0.234 e. The van der Waals surface area contributed by atoms with Gasteiger partial charge in [0.15, 0.2) is 0 Å². The number of methoxy groups -OCH3 is 1. The summed E-state index contributed by atoms with van der Waals surface area (Å²) in [6, 6.07) is 10.5. The zero-order chi connectivity index (χ0) is 19.8. The number of ether oxygens (including phenoxy) is 1. The number of nitrogens with zero attached hydrogens (tertiary/aromatic N) is 3. The highest BCUT2D eigenvalue weighted by Crippen LogP contribution is 2.28. The highest BCUT2D eigenvalue weighted by Gasteiger charge is 2.24. The van der Waals surface area contributed by atoms with Crippen LogP contribution in [0.15, 0.2) is 24.3 Å². The highest BCUT2D eigenvalue weighted by molar-refractivity contribution is 5.78. The Kier molecular flexibility index (Phi) is 7.55. The number of hydrogen-bond donors (Lipinski definition) is 1.